The standard InChI is InChI=1S/C47H30N4/c1-4-16-31(17-5-1)39-30-41(47-49-45(32-18-6-2-7-19-32)48-46(50-47)33-20-8-3-9-21-33)36-24-12-13-26-38(36)44(39)51-42-27-15-14-25-37(42)40-28-34-22-10-11-23-35(34)29-43(40)51/h1-30H. The van der Waals surface area contributed by atoms with Crippen LogP contribution < -0.4 is 0 Å². The lowest BCUT2D eigenvalue weighted by Crippen LogP contribution is -2.03. The van der Waals surface area contributed by atoms with E-state index in [2.05, 4.69) is 150 Å². The predicted molar refractivity (Wildman–Crippen MR) is 211 cm³/mol. The number of hydrogen-bond donors (Lipinski definition) is 0. The monoisotopic (exact) mass is 650 g/mol. The lowest BCUT2D eigenvalue weighted by molar-refractivity contribution is 1.08. The zero-order valence-corrected chi connectivity index (χ0v) is 27.6. The lowest BCUT2D eigenvalue weighted by atomic mass is 9.93. The normalized spacial score (nSPS) is 11.5. The largest absolute Gasteiger partial charge is 0.308 e. The van der Waals surface area contributed by atoms with Crippen LogP contribution in [0.2, 0.25) is 0 Å². The number of nitrogens with zero attached hydrogens (tertiary/aromatic N) is 4. The first-order valence-electron chi connectivity index (χ1n) is 17.2. The average Bonchev–Trinajstić information content (AvgIpc) is 3.52. The minimum atomic E-state index is 0.635. The van der Waals surface area contributed by atoms with Gasteiger partial charge in [0.05, 0.1) is 16.7 Å². The maximum atomic E-state index is 5.18. The molecule has 0 radical (unpaired) electrons. The van der Waals surface area contributed by atoms with Gasteiger partial charge < -0.3 is 4.57 Å². The second-order valence-corrected chi connectivity index (χ2v) is 12.8. The minimum absolute atomic E-state index is 0.635. The topological polar surface area (TPSA) is 43.6 Å². The van der Waals surface area contributed by atoms with Crippen molar-refractivity contribution in [1.82, 2.24) is 19.5 Å². The third-order valence-corrected chi connectivity index (χ3v) is 9.80. The minimum Gasteiger partial charge on any atom is -0.308 e. The summed E-state index contributed by atoms with van der Waals surface area (Å²) in [5.41, 5.74) is 8.52. The van der Waals surface area contributed by atoms with Crippen LogP contribution in [0.1, 0.15) is 0 Å². The Hall–Kier alpha value is -6.91. The highest BCUT2D eigenvalue weighted by molar-refractivity contribution is 6.16. The Kier molecular flexibility index (Phi) is 6.78. The van der Waals surface area contributed by atoms with E-state index in [1.807, 2.05) is 36.4 Å². The molecule has 8 aromatic carbocycles. The summed E-state index contributed by atoms with van der Waals surface area (Å²) >= 11 is 0. The fraction of sp³-hybridized carbons (Fsp3) is 0. The Morgan fingerprint density at radius 1 is 0.314 bits per heavy atom. The number of benzene rings is 8. The average molecular weight is 651 g/mol. The van der Waals surface area contributed by atoms with E-state index in [9.17, 15) is 0 Å². The maximum absolute atomic E-state index is 5.18. The number of rotatable bonds is 5. The van der Waals surface area contributed by atoms with Gasteiger partial charge >= 0.3 is 0 Å². The zero-order chi connectivity index (χ0) is 33.7. The van der Waals surface area contributed by atoms with Crippen molar-refractivity contribution in [3.8, 4) is 51.0 Å². The summed E-state index contributed by atoms with van der Waals surface area (Å²) < 4.78 is 2.46. The van der Waals surface area contributed by atoms with Gasteiger partial charge in [0.15, 0.2) is 17.5 Å². The van der Waals surface area contributed by atoms with Crippen LogP contribution in [-0.2, 0) is 0 Å². The van der Waals surface area contributed by atoms with Crippen LogP contribution in [0.4, 0.5) is 0 Å². The molecule has 0 aliphatic heterocycles. The van der Waals surface area contributed by atoms with E-state index >= 15 is 0 Å². The Bertz CT molecular complexity index is 2840. The summed E-state index contributed by atoms with van der Waals surface area (Å²) in [6.45, 7) is 0. The number of fused-ring (bicyclic) bond motifs is 5. The van der Waals surface area contributed by atoms with Crippen LogP contribution in [0.5, 0.6) is 0 Å². The van der Waals surface area contributed by atoms with Crippen molar-refractivity contribution >= 4 is 43.4 Å². The fourth-order valence-electron chi connectivity index (χ4n) is 7.45. The van der Waals surface area contributed by atoms with Crippen LogP contribution in [0, 0.1) is 0 Å². The lowest BCUT2D eigenvalue weighted by Gasteiger charge is -2.20. The van der Waals surface area contributed by atoms with Gasteiger partial charge in [-0.3, -0.25) is 0 Å². The van der Waals surface area contributed by atoms with Gasteiger partial charge in [0.25, 0.3) is 0 Å². The molecule has 10 aromatic rings. The first-order chi connectivity index (χ1) is 25.3. The number of aromatic nitrogens is 4. The summed E-state index contributed by atoms with van der Waals surface area (Å²) in [6, 6.07) is 64.0. The van der Waals surface area contributed by atoms with E-state index in [1.165, 1.54) is 27.1 Å². The molecule has 2 heterocycles. The van der Waals surface area contributed by atoms with Crippen molar-refractivity contribution in [3.63, 3.8) is 0 Å². The molecule has 4 heteroatoms. The summed E-state index contributed by atoms with van der Waals surface area (Å²) in [5.74, 6) is 1.92. The quantitative estimate of drug-likeness (QED) is 0.186. The molecule has 10 rings (SSSR count). The molecular formula is C47H30N4. The molecule has 0 spiro atoms. The molecule has 0 N–H and O–H groups in total. The smallest absolute Gasteiger partial charge is 0.164 e. The van der Waals surface area contributed by atoms with Gasteiger partial charge in [0, 0.05) is 38.4 Å². The van der Waals surface area contributed by atoms with Crippen molar-refractivity contribution in [2.75, 3.05) is 0 Å². The SMILES string of the molecule is c1ccc(-c2nc(-c3ccccc3)nc(-c3cc(-c4ccccc4)c(-n4c5ccccc5c5cc6ccccc6cc54)c4ccccc34)n2)cc1. The first kappa shape index (κ1) is 29.0. The van der Waals surface area contributed by atoms with Crippen LogP contribution >= 0.6 is 0 Å². The second-order valence-electron chi connectivity index (χ2n) is 12.8. The molecular weight excluding hydrogens is 621 g/mol. The summed E-state index contributed by atoms with van der Waals surface area (Å²) in [5, 5.41) is 7.09. The molecule has 0 amide bonds. The maximum Gasteiger partial charge on any atom is 0.164 e. The van der Waals surface area contributed by atoms with Crippen LogP contribution in [-0.4, -0.2) is 19.5 Å². The Labute approximate surface area is 295 Å². The highest BCUT2D eigenvalue weighted by atomic mass is 15.0. The predicted octanol–water partition coefficient (Wildman–Crippen LogP) is 11.9. The van der Waals surface area contributed by atoms with Gasteiger partial charge in [-0.2, -0.15) is 0 Å². The molecule has 0 bridgehead atoms. The summed E-state index contributed by atoms with van der Waals surface area (Å²) in [6.07, 6.45) is 0. The summed E-state index contributed by atoms with van der Waals surface area (Å²) in [7, 11) is 0. The van der Waals surface area contributed by atoms with Crippen LogP contribution in [0.3, 0.4) is 0 Å². The molecule has 0 aliphatic carbocycles. The molecule has 0 fully saturated rings. The first-order valence-corrected chi connectivity index (χ1v) is 17.2. The van der Waals surface area contributed by atoms with Crippen molar-refractivity contribution in [3.05, 3.63) is 182 Å². The fourth-order valence-corrected chi connectivity index (χ4v) is 7.45. The van der Waals surface area contributed by atoms with Crippen LogP contribution in [0.15, 0.2) is 182 Å². The van der Waals surface area contributed by atoms with Crippen molar-refractivity contribution in [2.24, 2.45) is 0 Å². The van der Waals surface area contributed by atoms with E-state index in [0.29, 0.717) is 17.5 Å². The molecule has 2 aromatic heterocycles. The van der Waals surface area contributed by atoms with E-state index in [-0.39, 0.29) is 0 Å². The van der Waals surface area contributed by atoms with E-state index < -0.39 is 0 Å². The van der Waals surface area contributed by atoms with Gasteiger partial charge in [0.2, 0.25) is 0 Å². The molecule has 0 aliphatic rings. The van der Waals surface area contributed by atoms with Gasteiger partial charge in [-0.15, -0.1) is 0 Å². The zero-order valence-electron chi connectivity index (χ0n) is 27.6. The van der Waals surface area contributed by atoms with Gasteiger partial charge in [-0.05, 0) is 46.0 Å². The summed E-state index contributed by atoms with van der Waals surface area (Å²) in [4.78, 5) is 15.3. The molecule has 0 saturated carbocycles. The Morgan fingerprint density at radius 3 is 1.45 bits per heavy atom. The third-order valence-electron chi connectivity index (χ3n) is 9.80. The van der Waals surface area contributed by atoms with Crippen molar-refractivity contribution < 1.29 is 0 Å². The van der Waals surface area contributed by atoms with Crippen molar-refractivity contribution in [2.45, 2.75) is 0 Å². The highest BCUT2D eigenvalue weighted by Gasteiger charge is 2.23. The van der Waals surface area contributed by atoms with E-state index in [1.54, 1.807) is 0 Å². The Morgan fingerprint density at radius 2 is 0.804 bits per heavy atom. The molecule has 4 nitrogen and oxygen atoms in total. The molecule has 0 unspecified atom stereocenters. The van der Waals surface area contributed by atoms with Crippen molar-refractivity contribution in [1.29, 1.82) is 0 Å². The van der Waals surface area contributed by atoms with Gasteiger partial charge in [0.1, 0.15) is 0 Å². The van der Waals surface area contributed by atoms with Gasteiger partial charge in [-0.1, -0.05) is 158 Å². The molecule has 0 saturated heterocycles. The van der Waals surface area contributed by atoms with E-state index in [0.717, 1.165) is 49.8 Å². The van der Waals surface area contributed by atoms with Gasteiger partial charge in [-0.25, -0.2) is 15.0 Å². The number of hydrogen-bond acceptors (Lipinski definition) is 3. The molecule has 238 valence electrons. The number of para-hydroxylation sites is 1. The van der Waals surface area contributed by atoms with Crippen LogP contribution in [0.25, 0.3) is 94.3 Å². The third kappa shape index (κ3) is 4.88. The molecule has 51 heavy (non-hydrogen) atoms. The highest BCUT2D eigenvalue weighted by Crippen LogP contribution is 2.44. The second kappa shape index (κ2) is 11.9. The van der Waals surface area contributed by atoms with E-state index in [4.69, 9.17) is 15.0 Å². The Balaban J connectivity index is 1.34. The molecule has 0 atom stereocenters.